The van der Waals surface area contributed by atoms with Crippen molar-refractivity contribution >= 4 is 33.3 Å². The molecule has 0 fully saturated rings. The molecule has 1 nitrogen and oxygen atoms in total. The minimum atomic E-state index is 0.321. The first-order valence-electron chi connectivity index (χ1n) is 4.16. The molecule has 68 valence electrons. The van der Waals surface area contributed by atoms with Crippen LogP contribution in [-0.2, 0) is 17.6 Å². The van der Waals surface area contributed by atoms with E-state index in [1.807, 2.05) is 12.1 Å². The maximum atomic E-state index is 11.2. The van der Waals surface area contributed by atoms with Crippen LogP contribution in [0.2, 0.25) is 5.02 Å². The van der Waals surface area contributed by atoms with Crippen molar-refractivity contribution < 1.29 is 4.79 Å². The van der Waals surface area contributed by atoms with Gasteiger partial charge in [-0.2, -0.15) is 0 Å². The second kappa shape index (κ2) is 3.43. The minimum absolute atomic E-state index is 0.321. The summed E-state index contributed by atoms with van der Waals surface area (Å²) in [6, 6.07) is 3.78. The molecule has 0 bridgehead atoms. The SMILES string of the molecule is O=C1CCc2c(ccc(Cl)c2Br)C1. The van der Waals surface area contributed by atoms with E-state index in [1.165, 1.54) is 5.56 Å². The average molecular weight is 260 g/mol. The predicted molar refractivity (Wildman–Crippen MR) is 56.2 cm³/mol. The summed E-state index contributed by atoms with van der Waals surface area (Å²) >= 11 is 9.39. The van der Waals surface area contributed by atoms with Crippen molar-refractivity contribution in [3.8, 4) is 0 Å². The van der Waals surface area contributed by atoms with Crippen molar-refractivity contribution in [1.29, 1.82) is 0 Å². The van der Waals surface area contributed by atoms with Crippen molar-refractivity contribution in [2.45, 2.75) is 19.3 Å². The second-order valence-corrected chi connectivity index (χ2v) is 4.41. The number of benzene rings is 1. The van der Waals surface area contributed by atoms with E-state index in [4.69, 9.17) is 11.6 Å². The van der Waals surface area contributed by atoms with Crippen molar-refractivity contribution in [2.75, 3.05) is 0 Å². The van der Waals surface area contributed by atoms with Crippen molar-refractivity contribution in [3.05, 3.63) is 32.8 Å². The summed E-state index contributed by atoms with van der Waals surface area (Å²) in [6.45, 7) is 0. The van der Waals surface area contributed by atoms with E-state index in [1.54, 1.807) is 0 Å². The lowest BCUT2D eigenvalue weighted by atomic mass is 9.91. The summed E-state index contributed by atoms with van der Waals surface area (Å²) in [5.74, 6) is 0.321. The number of fused-ring (bicyclic) bond motifs is 1. The first-order valence-corrected chi connectivity index (χ1v) is 5.33. The molecule has 1 aliphatic rings. The van der Waals surface area contributed by atoms with Crippen LogP contribution < -0.4 is 0 Å². The molecule has 1 aromatic rings. The normalized spacial score (nSPS) is 15.7. The molecule has 0 aliphatic heterocycles. The van der Waals surface area contributed by atoms with Gasteiger partial charge in [0.2, 0.25) is 0 Å². The molecule has 1 aromatic carbocycles. The molecular weight excluding hydrogens is 251 g/mol. The number of ketones is 1. The Morgan fingerprint density at radius 2 is 2.08 bits per heavy atom. The van der Waals surface area contributed by atoms with Gasteiger partial charge in [0.1, 0.15) is 5.78 Å². The molecule has 0 unspecified atom stereocenters. The summed E-state index contributed by atoms with van der Waals surface area (Å²) in [7, 11) is 0. The van der Waals surface area contributed by atoms with E-state index in [2.05, 4.69) is 15.9 Å². The Bertz CT molecular complexity index is 373. The highest BCUT2D eigenvalue weighted by atomic mass is 79.9. The van der Waals surface area contributed by atoms with Crippen LogP contribution in [0.25, 0.3) is 0 Å². The summed E-state index contributed by atoms with van der Waals surface area (Å²) in [5.41, 5.74) is 2.32. The Hall–Kier alpha value is -0.340. The van der Waals surface area contributed by atoms with Crippen LogP contribution in [0.4, 0.5) is 0 Å². The van der Waals surface area contributed by atoms with Crippen LogP contribution in [0, 0.1) is 0 Å². The average Bonchev–Trinajstić information content (AvgIpc) is 2.12. The number of hydrogen-bond donors (Lipinski definition) is 0. The number of carbonyl (C=O) groups is 1. The van der Waals surface area contributed by atoms with Crippen molar-refractivity contribution in [2.24, 2.45) is 0 Å². The number of halogens is 2. The van der Waals surface area contributed by atoms with Crippen molar-refractivity contribution in [1.82, 2.24) is 0 Å². The van der Waals surface area contributed by atoms with Crippen LogP contribution in [0.1, 0.15) is 17.5 Å². The Labute approximate surface area is 90.2 Å². The lowest BCUT2D eigenvalue weighted by Crippen LogP contribution is -2.13. The second-order valence-electron chi connectivity index (χ2n) is 3.21. The first-order chi connectivity index (χ1) is 6.18. The zero-order valence-corrected chi connectivity index (χ0v) is 9.28. The van der Waals surface area contributed by atoms with E-state index in [-0.39, 0.29) is 0 Å². The molecule has 0 atom stereocenters. The molecule has 0 saturated heterocycles. The highest BCUT2D eigenvalue weighted by Crippen LogP contribution is 2.32. The molecule has 13 heavy (non-hydrogen) atoms. The van der Waals surface area contributed by atoms with Gasteiger partial charge in [0.25, 0.3) is 0 Å². The summed E-state index contributed by atoms with van der Waals surface area (Å²) in [5, 5.41) is 0.730. The maximum absolute atomic E-state index is 11.2. The number of Topliss-reactive ketones (excluding diaryl/α,β-unsaturated/α-hetero) is 1. The van der Waals surface area contributed by atoms with Gasteiger partial charge in [-0.25, -0.2) is 0 Å². The lowest BCUT2D eigenvalue weighted by Gasteiger charge is -2.16. The van der Waals surface area contributed by atoms with Gasteiger partial charge in [0.05, 0.1) is 5.02 Å². The standard InChI is InChI=1S/C10H8BrClO/c11-10-8-3-2-7(13)5-6(8)1-4-9(10)12/h1,4H,2-3,5H2. The molecule has 0 aromatic heterocycles. The first kappa shape index (κ1) is 9.22. The monoisotopic (exact) mass is 258 g/mol. The number of carbonyl (C=O) groups excluding carboxylic acids is 1. The quantitative estimate of drug-likeness (QED) is 0.699. The minimum Gasteiger partial charge on any atom is -0.299 e. The van der Waals surface area contributed by atoms with Gasteiger partial charge >= 0.3 is 0 Å². The molecule has 0 saturated carbocycles. The topological polar surface area (TPSA) is 17.1 Å². The van der Waals surface area contributed by atoms with Crippen molar-refractivity contribution in [3.63, 3.8) is 0 Å². The smallest absolute Gasteiger partial charge is 0.137 e. The van der Waals surface area contributed by atoms with Crippen LogP contribution in [-0.4, -0.2) is 5.78 Å². The van der Waals surface area contributed by atoms with E-state index < -0.39 is 0 Å². The third kappa shape index (κ3) is 1.65. The van der Waals surface area contributed by atoms with Crippen LogP contribution in [0.3, 0.4) is 0 Å². The van der Waals surface area contributed by atoms with Crippen LogP contribution in [0.5, 0.6) is 0 Å². The Kier molecular flexibility index (Phi) is 2.43. The largest absolute Gasteiger partial charge is 0.299 e. The van der Waals surface area contributed by atoms with Gasteiger partial charge in [-0.15, -0.1) is 0 Å². The van der Waals surface area contributed by atoms with Gasteiger partial charge in [0, 0.05) is 17.3 Å². The van der Waals surface area contributed by atoms with Gasteiger partial charge in [-0.1, -0.05) is 17.7 Å². The highest BCUT2D eigenvalue weighted by Gasteiger charge is 2.18. The van der Waals surface area contributed by atoms with Gasteiger partial charge in [0.15, 0.2) is 0 Å². The van der Waals surface area contributed by atoms with E-state index in [9.17, 15) is 4.79 Å². The number of rotatable bonds is 0. The predicted octanol–water partition coefficient (Wildman–Crippen LogP) is 3.16. The fourth-order valence-corrected chi connectivity index (χ4v) is 2.40. The molecule has 0 heterocycles. The molecule has 1 aliphatic carbocycles. The summed E-state index contributed by atoms with van der Waals surface area (Å²) < 4.78 is 0.958. The molecule has 0 N–H and O–H groups in total. The molecule has 0 spiro atoms. The van der Waals surface area contributed by atoms with E-state index >= 15 is 0 Å². The summed E-state index contributed by atoms with van der Waals surface area (Å²) in [6.07, 6.45) is 2.02. The zero-order valence-electron chi connectivity index (χ0n) is 6.94. The molecule has 2 rings (SSSR count). The Morgan fingerprint density at radius 1 is 1.31 bits per heavy atom. The lowest BCUT2D eigenvalue weighted by molar-refractivity contribution is -0.118. The van der Waals surface area contributed by atoms with Crippen LogP contribution in [0.15, 0.2) is 16.6 Å². The molecular formula is C10H8BrClO. The fourth-order valence-electron chi connectivity index (χ4n) is 1.63. The fraction of sp³-hybridized carbons (Fsp3) is 0.300. The van der Waals surface area contributed by atoms with Gasteiger partial charge < -0.3 is 0 Å². The van der Waals surface area contributed by atoms with E-state index in [0.717, 1.165) is 21.5 Å². The highest BCUT2D eigenvalue weighted by molar-refractivity contribution is 9.10. The zero-order chi connectivity index (χ0) is 9.42. The maximum Gasteiger partial charge on any atom is 0.137 e. The molecule has 3 heteroatoms. The third-order valence-electron chi connectivity index (χ3n) is 2.33. The van der Waals surface area contributed by atoms with Crippen LogP contribution >= 0.6 is 27.5 Å². The molecule has 0 amide bonds. The Balaban J connectivity index is 2.53. The summed E-state index contributed by atoms with van der Waals surface area (Å²) in [4.78, 5) is 11.2. The molecule has 0 radical (unpaired) electrons. The van der Waals surface area contributed by atoms with Gasteiger partial charge in [-0.05, 0) is 39.5 Å². The van der Waals surface area contributed by atoms with E-state index in [0.29, 0.717) is 18.6 Å². The Morgan fingerprint density at radius 3 is 2.85 bits per heavy atom. The number of hydrogen-bond acceptors (Lipinski definition) is 1. The third-order valence-corrected chi connectivity index (χ3v) is 3.78. The van der Waals surface area contributed by atoms with Gasteiger partial charge in [-0.3, -0.25) is 4.79 Å².